The molecule has 0 saturated heterocycles. The Morgan fingerprint density at radius 1 is 1.57 bits per heavy atom. The highest BCUT2D eigenvalue weighted by Gasteiger charge is 2.18. The molecule has 14 heavy (non-hydrogen) atoms. The molecule has 0 atom stereocenters. The van der Waals surface area contributed by atoms with E-state index in [1.54, 1.807) is 26.0 Å². The van der Waals surface area contributed by atoms with Crippen molar-refractivity contribution in [1.29, 1.82) is 0 Å². The molecule has 0 amide bonds. The molecule has 1 rings (SSSR count). The zero-order valence-corrected chi connectivity index (χ0v) is 9.52. The molecule has 0 aliphatic rings. The molecule has 0 saturated carbocycles. The minimum absolute atomic E-state index is 0.0353. The number of benzene rings is 1. The van der Waals surface area contributed by atoms with Gasteiger partial charge < -0.3 is 4.74 Å². The average molecular weight is 261 g/mol. The van der Waals surface area contributed by atoms with E-state index in [2.05, 4.69) is 15.9 Å². The fourth-order valence-corrected chi connectivity index (χ4v) is 1.52. The van der Waals surface area contributed by atoms with Crippen molar-refractivity contribution in [1.82, 2.24) is 0 Å². The van der Waals surface area contributed by atoms with Crippen LogP contribution in [0.4, 0.5) is 4.39 Å². The Morgan fingerprint density at radius 3 is 2.79 bits per heavy atom. The third-order valence-electron chi connectivity index (χ3n) is 1.76. The third kappa shape index (κ3) is 2.12. The fourth-order valence-electron chi connectivity index (χ4n) is 1.05. The van der Waals surface area contributed by atoms with Crippen LogP contribution in [-0.4, -0.2) is 12.6 Å². The van der Waals surface area contributed by atoms with E-state index in [-0.39, 0.29) is 12.2 Å². The van der Waals surface area contributed by atoms with Crippen LogP contribution in [0, 0.1) is 12.7 Å². The summed E-state index contributed by atoms with van der Waals surface area (Å²) in [5.41, 5.74) is 0.392. The molecule has 0 aliphatic heterocycles. The topological polar surface area (TPSA) is 26.3 Å². The van der Waals surface area contributed by atoms with Gasteiger partial charge in [0.2, 0.25) is 0 Å². The van der Waals surface area contributed by atoms with Crippen LogP contribution < -0.4 is 0 Å². The molecule has 2 nitrogen and oxygen atoms in total. The molecule has 0 unspecified atom stereocenters. The average Bonchev–Trinajstić information content (AvgIpc) is 2.13. The standard InChI is InChI=1S/C10H10BrFO2/c1-3-14-10(13)8-7(11)5-4-6(2)9(8)12/h4-5H,3H2,1-2H3. The molecule has 0 aliphatic carbocycles. The molecule has 0 fully saturated rings. The number of halogens is 2. The van der Waals surface area contributed by atoms with Gasteiger partial charge in [0.15, 0.2) is 0 Å². The molecule has 0 radical (unpaired) electrons. The van der Waals surface area contributed by atoms with Gasteiger partial charge in [0.1, 0.15) is 11.4 Å². The summed E-state index contributed by atoms with van der Waals surface area (Å²) in [5, 5.41) is 0. The summed E-state index contributed by atoms with van der Waals surface area (Å²) < 4.78 is 18.7. The molecular weight excluding hydrogens is 251 g/mol. The minimum Gasteiger partial charge on any atom is -0.462 e. The van der Waals surface area contributed by atoms with E-state index < -0.39 is 11.8 Å². The molecular formula is C10H10BrFO2. The molecule has 4 heteroatoms. The molecule has 76 valence electrons. The number of ether oxygens (including phenoxy) is 1. The first kappa shape index (κ1) is 11.2. The summed E-state index contributed by atoms with van der Waals surface area (Å²) >= 11 is 3.11. The van der Waals surface area contributed by atoms with Crippen molar-refractivity contribution in [2.45, 2.75) is 13.8 Å². The summed E-state index contributed by atoms with van der Waals surface area (Å²) in [6.07, 6.45) is 0. The molecule has 0 aromatic heterocycles. The van der Waals surface area contributed by atoms with Crippen molar-refractivity contribution in [2.24, 2.45) is 0 Å². The Morgan fingerprint density at radius 2 is 2.21 bits per heavy atom. The summed E-state index contributed by atoms with van der Waals surface area (Å²) in [5.74, 6) is -1.17. The van der Waals surface area contributed by atoms with Gasteiger partial charge in [0.05, 0.1) is 6.61 Å². The number of rotatable bonds is 2. The van der Waals surface area contributed by atoms with Crippen LogP contribution in [-0.2, 0) is 4.74 Å². The predicted octanol–water partition coefficient (Wildman–Crippen LogP) is 3.07. The summed E-state index contributed by atoms with van der Waals surface area (Å²) in [6, 6.07) is 3.23. The van der Waals surface area contributed by atoms with Gasteiger partial charge in [-0.3, -0.25) is 0 Å². The first-order chi connectivity index (χ1) is 6.57. The number of carbonyl (C=O) groups is 1. The summed E-state index contributed by atoms with van der Waals surface area (Å²) in [6.45, 7) is 3.52. The Bertz CT molecular complexity index is 363. The van der Waals surface area contributed by atoms with E-state index in [0.717, 1.165) is 0 Å². The second-order valence-electron chi connectivity index (χ2n) is 2.77. The second-order valence-corrected chi connectivity index (χ2v) is 3.63. The SMILES string of the molecule is CCOC(=O)c1c(Br)ccc(C)c1F. The minimum atomic E-state index is -0.638. The van der Waals surface area contributed by atoms with E-state index in [4.69, 9.17) is 4.74 Å². The van der Waals surface area contributed by atoms with Crippen molar-refractivity contribution in [2.75, 3.05) is 6.61 Å². The van der Waals surface area contributed by atoms with Crippen LogP contribution in [0.1, 0.15) is 22.8 Å². The molecule has 0 spiro atoms. The van der Waals surface area contributed by atoms with E-state index >= 15 is 0 Å². The van der Waals surface area contributed by atoms with E-state index in [1.165, 1.54) is 0 Å². The lowest BCUT2D eigenvalue weighted by molar-refractivity contribution is 0.0519. The maximum absolute atomic E-state index is 13.5. The highest BCUT2D eigenvalue weighted by molar-refractivity contribution is 9.10. The van der Waals surface area contributed by atoms with Crippen molar-refractivity contribution in [3.05, 3.63) is 33.5 Å². The van der Waals surface area contributed by atoms with Crippen molar-refractivity contribution in [3.8, 4) is 0 Å². The highest BCUT2D eigenvalue weighted by atomic mass is 79.9. The van der Waals surface area contributed by atoms with Gasteiger partial charge in [-0.1, -0.05) is 6.07 Å². The number of aryl methyl sites for hydroxylation is 1. The maximum atomic E-state index is 13.5. The molecule has 1 aromatic carbocycles. The first-order valence-electron chi connectivity index (χ1n) is 4.19. The zero-order chi connectivity index (χ0) is 10.7. The van der Waals surface area contributed by atoms with E-state index in [0.29, 0.717) is 10.0 Å². The lowest BCUT2D eigenvalue weighted by Gasteiger charge is -2.07. The van der Waals surface area contributed by atoms with Crippen LogP contribution in [0.5, 0.6) is 0 Å². The lowest BCUT2D eigenvalue weighted by Crippen LogP contribution is -2.09. The van der Waals surface area contributed by atoms with E-state index in [9.17, 15) is 9.18 Å². The van der Waals surface area contributed by atoms with Gasteiger partial charge in [-0.05, 0) is 41.4 Å². The molecule has 0 N–H and O–H groups in total. The molecule has 0 bridgehead atoms. The quantitative estimate of drug-likeness (QED) is 0.765. The van der Waals surface area contributed by atoms with E-state index in [1.807, 2.05) is 0 Å². The monoisotopic (exact) mass is 260 g/mol. The molecule has 0 heterocycles. The normalized spacial score (nSPS) is 10.0. The van der Waals surface area contributed by atoms with Crippen LogP contribution in [0.15, 0.2) is 16.6 Å². The summed E-state index contributed by atoms with van der Waals surface area (Å²) in [7, 11) is 0. The largest absolute Gasteiger partial charge is 0.462 e. The second kappa shape index (κ2) is 4.55. The van der Waals surface area contributed by atoms with Crippen molar-refractivity contribution >= 4 is 21.9 Å². The van der Waals surface area contributed by atoms with Crippen molar-refractivity contribution < 1.29 is 13.9 Å². The van der Waals surface area contributed by atoms with Crippen LogP contribution in [0.25, 0.3) is 0 Å². The predicted molar refractivity (Wildman–Crippen MR) is 54.8 cm³/mol. The van der Waals surface area contributed by atoms with Crippen LogP contribution in [0.2, 0.25) is 0 Å². The van der Waals surface area contributed by atoms with Gasteiger partial charge in [0.25, 0.3) is 0 Å². The summed E-state index contributed by atoms with van der Waals surface area (Å²) in [4.78, 5) is 11.3. The van der Waals surface area contributed by atoms with Gasteiger partial charge in [-0.2, -0.15) is 0 Å². The Hall–Kier alpha value is -0.900. The Kier molecular flexibility index (Phi) is 3.63. The number of esters is 1. The Balaban J connectivity index is 3.18. The third-order valence-corrected chi connectivity index (χ3v) is 2.42. The Labute approximate surface area is 90.2 Å². The first-order valence-corrected chi connectivity index (χ1v) is 4.99. The number of carbonyl (C=O) groups excluding carboxylic acids is 1. The van der Waals surface area contributed by atoms with Crippen molar-refractivity contribution in [3.63, 3.8) is 0 Å². The van der Waals surface area contributed by atoms with Gasteiger partial charge in [0, 0.05) is 4.47 Å². The smallest absolute Gasteiger partial charge is 0.342 e. The number of hydrogen-bond acceptors (Lipinski definition) is 2. The van der Waals surface area contributed by atoms with Gasteiger partial charge in [-0.25, -0.2) is 9.18 Å². The maximum Gasteiger partial charge on any atom is 0.342 e. The number of hydrogen-bond donors (Lipinski definition) is 0. The highest BCUT2D eigenvalue weighted by Crippen LogP contribution is 2.23. The van der Waals surface area contributed by atoms with Gasteiger partial charge in [-0.15, -0.1) is 0 Å². The van der Waals surface area contributed by atoms with Crippen LogP contribution in [0.3, 0.4) is 0 Å². The lowest BCUT2D eigenvalue weighted by atomic mass is 10.1. The fraction of sp³-hybridized carbons (Fsp3) is 0.300. The van der Waals surface area contributed by atoms with Gasteiger partial charge >= 0.3 is 5.97 Å². The van der Waals surface area contributed by atoms with Crippen LogP contribution >= 0.6 is 15.9 Å². The molecule has 1 aromatic rings. The zero-order valence-electron chi connectivity index (χ0n) is 7.93.